The van der Waals surface area contributed by atoms with E-state index in [9.17, 15) is 14.4 Å². The van der Waals surface area contributed by atoms with E-state index in [1.165, 1.54) is 12.2 Å². The predicted molar refractivity (Wildman–Crippen MR) is 121 cm³/mol. The average Bonchev–Trinajstić information content (AvgIpc) is 3.12. The highest BCUT2D eigenvalue weighted by Crippen LogP contribution is 2.36. The Labute approximate surface area is 181 Å². The predicted octanol–water partition coefficient (Wildman–Crippen LogP) is 2.67. The number of carbonyl (C=O) groups excluding carboxylic acids is 3. The summed E-state index contributed by atoms with van der Waals surface area (Å²) in [6.07, 6.45) is 2.34. The third-order valence-corrected chi connectivity index (χ3v) is 7.28. The third-order valence-electron chi connectivity index (χ3n) is 4.80. The number of ether oxygens (including phenoxy) is 1. The normalized spacial score (nSPS) is 13.1. The molecule has 5 nitrogen and oxygen atoms in total. The van der Waals surface area contributed by atoms with Gasteiger partial charge in [-0.3, -0.25) is 19.3 Å². The van der Waals surface area contributed by atoms with Crippen LogP contribution in [-0.2, 0) is 14.4 Å². The standard InChI is InChI=1S/C25H20NO4P/c27-23-15-16-24(28)26(23)18-17-25(29)30-21-13-7-8-14-22(21)31(19-9-3-1-4-10-19)20-11-5-2-6-12-20/h1-16H,17-18H2. The number of esters is 1. The van der Waals surface area contributed by atoms with E-state index in [0.29, 0.717) is 5.75 Å². The highest BCUT2D eigenvalue weighted by molar-refractivity contribution is 7.80. The summed E-state index contributed by atoms with van der Waals surface area (Å²) < 4.78 is 5.71. The van der Waals surface area contributed by atoms with Crippen molar-refractivity contribution in [3.05, 3.63) is 97.1 Å². The van der Waals surface area contributed by atoms with E-state index in [4.69, 9.17) is 4.74 Å². The van der Waals surface area contributed by atoms with E-state index in [-0.39, 0.29) is 13.0 Å². The van der Waals surface area contributed by atoms with Crippen molar-refractivity contribution in [1.82, 2.24) is 4.90 Å². The number of benzene rings is 3. The number of imide groups is 1. The zero-order chi connectivity index (χ0) is 21.6. The molecule has 0 unspecified atom stereocenters. The van der Waals surface area contributed by atoms with Crippen LogP contribution in [-0.4, -0.2) is 29.2 Å². The lowest BCUT2D eigenvalue weighted by molar-refractivity contribution is -0.138. The quantitative estimate of drug-likeness (QED) is 0.251. The van der Waals surface area contributed by atoms with Crippen LogP contribution in [0.3, 0.4) is 0 Å². The Bertz CT molecular complexity index is 1070. The minimum absolute atomic E-state index is 0.00218. The first-order valence-electron chi connectivity index (χ1n) is 9.87. The molecule has 3 aromatic carbocycles. The molecular formula is C25H20NO4P. The Morgan fingerprint density at radius 2 is 1.26 bits per heavy atom. The van der Waals surface area contributed by atoms with Gasteiger partial charge in [0.25, 0.3) is 11.8 Å². The van der Waals surface area contributed by atoms with Gasteiger partial charge in [-0.05, 0) is 24.6 Å². The van der Waals surface area contributed by atoms with Gasteiger partial charge < -0.3 is 4.74 Å². The van der Waals surface area contributed by atoms with Crippen LogP contribution in [0.4, 0.5) is 0 Å². The third kappa shape index (κ3) is 4.79. The molecule has 1 heterocycles. The molecule has 2 amide bonds. The van der Waals surface area contributed by atoms with Crippen LogP contribution >= 0.6 is 7.92 Å². The summed E-state index contributed by atoms with van der Waals surface area (Å²) in [5, 5.41) is 3.22. The first-order valence-corrected chi connectivity index (χ1v) is 11.2. The molecule has 4 rings (SSSR count). The van der Waals surface area contributed by atoms with E-state index < -0.39 is 25.7 Å². The fraction of sp³-hybridized carbons (Fsp3) is 0.0800. The van der Waals surface area contributed by atoms with Crippen LogP contribution in [0.5, 0.6) is 5.75 Å². The average molecular weight is 429 g/mol. The fourth-order valence-corrected chi connectivity index (χ4v) is 5.71. The van der Waals surface area contributed by atoms with Gasteiger partial charge in [0, 0.05) is 24.0 Å². The molecule has 0 saturated carbocycles. The molecule has 0 bridgehead atoms. The zero-order valence-electron chi connectivity index (χ0n) is 16.7. The van der Waals surface area contributed by atoms with Gasteiger partial charge in [-0.25, -0.2) is 0 Å². The Balaban J connectivity index is 1.58. The molecule has 0 saturated heterocycles. The lowest BCUT2D eigenvalue weighted by Gasteiger charge is -2.22. The largest absolute Gasteiger partial charge is 0.426 e. The number of rotatable bonds is 7. The number of nitrogens with zero attached hydrogens (tertiary/aromatic N) is 1. The fourth-order valence-electron chi connectivity index (χ4n) is 3.34. The molecule has 0 radical (unpaired) electrons. The minimum Gasteiger partial charge on any atom is -0.426 e. The molecule has 1 aliphatic heterocycles. The van der Waals surface area contributed by atoms with Crippen molar-refractivity contribution in [3.8, 4) is 5.75 Å². The van der Waals surface area contributed by atoms with Gasteiger partial charge >= 0.3 is 5.97 Å². The molecule has 31 heavy (non-hydrogen) atoms. The summed E-state index contributed by atoms with van der Waals surface area (Å²) in [4.78, 5) is 36.9. The summed E-state index contributed by atoms with van der Waals surface area (Å²) >= 11 is 0. The van der Waals surface area contributed by atoms with Crippen molar-refractivity contribution in [3.63, 3.8) is 0 Å². The van der Waals surface area contributed by atoms with Gasteiger partial charge in [0.05, 0.1) is 6.42 Å². The van der Waals surface area contributed by atoms with E-state index in [0.717, 1.165) is 20.8 Å². The maximum atomic E-state index is 12.5. The molecule has 154 valence electrons. The van der Waals surface area contributed by atoms with Crippen molar-refractivity contribution in [2.75, 3.05) is 6.54 Å². The van der Waals surface area contributed by atoms with Gasteiger partial charge in [0.1, 0.15) is 5.75 Å². The van der Waals surface area contributed by atoms with Crippen LogP contribution in [0.15, 0.2) is 97.1 Å². The Kier molecular flexibility index (Phi) is 6.34. The zero-order valence-corrected chi connectivity index (χ0v) is 17.6. The van der Waals surface area contributed by atoms with E-state index in [1.807, 2.05) is 54.6 Å². The van der Waals surface area contributed by atoms with Gasteiger partial charge in [0.15, 0.2) is 0 Å². The molecule has 3 aromatic rings. The lowest BCUT2D eigenvalue weighted by Crippen LogP contribution is -2.33. The Morgan fingerprint density at radius 1 is 0.742 bits per heavy atom. The molecule has 6 heteroatoms. The van der Waals surface area contributed by atoms with Crippen molar-refractivity contribution < 1.29 is 19.1 Å². The summed E-state index contributed by atoms with van der Waals surface area (Å²) in [6.45, 7) is -0.00218. The molecule has 0 spiro atoms. The maximum Gasteiger partial charge on any atom is 0.313 e. The second-order valence-corrected chi connectivity index (χ2v) is 9.05. The molecular weight excluding hydrogens is 409 g/mol. The van der Waals surface area contributed by atoms with Crippen molar-refractivity contribution in [2.24, 2.45) is 0 Å². The van der Waals surface area contributed by atoms with Gasteiger partial charge in [-0.1, -0.05) is 78.9 Å². The molecule has 0 atom stereocenters. The number of para-hydroxylation sites is 1. The van der Waals surface area contributed by atoms with E-state index in [2.05, 4.69) is 24.3 Å². The summed E-state index contributed by atoms with van der Waals surface area (Å²) in [6, 6.07) is 27.8. The highest BCUT2D eigenvalue weighted by atomic mass is 31.1. The summed E-state index contributed by atoms with van der Waals surface area (Å²) in [7, 11) is -0.936. The smallest absolute Gasteiger partial charge is 0.313 e. The van der Waals surface area contributed by atoms with Crippen LogP contribution in [0.1, 0.15) is 6.42 Å². The molecule has 0 aromatic heterocycles. The summed E-state index contributed by atoms with van der Waals surface area (Å²) in [5.74, 6) is -0.815. The van der Waals surface area contributed by atoms with Crippen LogP contribution in [0.25, 0.3) is 0 Å². The van der Waals surface area contributed by atoms with Crippen molar-refractivity contribution >= 4 is 41.6 Å². The monoisotopic (exact) mass is 429 g/mol. The van der Waals surface area contributed by atoms with Gasteiger partial charge in [-0.15, -0.1) is 0 Å². The van der Waals surface area contributed by atoms with Crippen LogP contribution in [0.2, 0.25) is 0 Å². The molecule has 0 fully saturated rings. The minimum atomic E-state index is -0.936. The summed E-state index contributed by atoms with van der Waals surface area (Å²) in [5.41, 5.74) is 0. The Hall–Kier alpha value is -3.56. The molecule has 1 aliphatic rings. The number of amides is 2. The topological polar surface area (TPSA) is 63.7 Å². The number of carbonyl (C=O) groups is 3. The highest BCUT2D eigenvalue weighted by Gasteiger charge is 2.25. The Morgan fingerprint density at radius 3 is 1.84 bits per heavy atom. The van der Waals surface area contributed by atoms with Gasteiger partial charge in [-0.2, -0.15) is 0 Å². The van der Waals surface area contributed by atoms with Crippen LogP contribution in [0, 0.1) is 0 Å². The maximum absolute atomic E-state index is 12.5. The molecule has 0 N–H and O–H groups in total. The second-order valence-electron chi connectivity index (χ2n) is 6.86. The van der Waals surface area contributed by atoms with Gasteiger partial charge in [0.2, 0.25) is 0 Å². The first kappa shape index (κ1) is 20.7. The van der Waals surface area contributed by atoms with E-state index in [1.54, 1.807) is 6.07 Å². The van der Waals surface area contributed by atoms with E-state index >= 15 is 0 Å². The second kappa shape index (κ2) is 9.50. The SMILES string of the molecule is O=C(CCN1C(=O)C=CC1=O)Oc1ccccc1P(c1ccccc1)c1ccccc1. The van der Waals surface area contributed by atoms with Crippen LogP contribution < -0.4 is 20.7 Å². The number of hydrogen-bond donors (Lipinski definition) is 0. The van der Waals surface area contributed by atoms with Crippen molar-refractivity contribution in [2.45, 2.75) is 6.42 Å². The lowest BCUT2D eigenvalue weighted by atomic mass is 10.3. The molecule has 0 aliphatic carbocycles. The van der Waals surface area contributed by atoms with Crippen molar-refractivity contribution in [1.29, 1.82) is 0 Å². The first-order chi connectivity index (χ1) is 15.1. The number of hydrogen-bond acceptors (Lipinski definition) is 4.